The normalized spacial score (nSPS) is 10.6. The van der Waals surface area contributed by atoms with Gasteiger partial charge in [0.15, 0.2) is 11.5 Å². The number of hydrazone groups is 1. The minimum Gasteiger partial charge on any atom is -0.490 e. The first-order valence-corrected chi connectivity index (χ1v) is 9.20. The summed E-state index contributed by atoms with van der Waals surface area (Å²) in [4.78, 5) is 24.3. The topological polar surface area (TPSA) is 77.0 Å². The Hall–Kier alpha value is -4.00. The molecule has 0 heterocycles. The van der Waals surface area contributed by atoms with Crippen LogP contribution >= 0.6 is 0 Å². The van der Waals surface area contributed by atoms with Crippen molar-refractivity contribution in [3.05, 3.63) is 95.3 Å². The lowest BCUT2D eigenvalue weighted by Crippen LogP contribution is -2.17. The fourth-order valence-corrected chi connectivity index (χ4v) is 2.52. The van der Waals surface area contributed by atoms with Crippen molar-refractivity contribution in [3.63, 3.8) is 0 Å². The van der Waals surface area contributed by atoms with Crippen LogP contribution in [0.25, 0.3) is 0 Å². The fraction of sp³-hybridized carbons (Fsp3) is 0.0870. The van der Waals surface area contributed by atoms with E-state index in [9.17, 15) is 14.0 Å². The molecule has 3 aromatic rings. The number of carbonyl (C=O) groups excluding carboxylic acids is 2. The van der Waals surface area contributed by atoms with Crippen LogP contribution in [0.2, 0.25) is 0 Å². The van der Waals surface area contributed by atoms with Crippen molar-refractivity contribution in [2.24, 2.45) is 5.10 Å². The van der Waals surface area contributed by atoms with Gasteiger partial charge in [-0.15, -0.1) is 0 Å². The van der Waals surface area contributed by atoms with Crippen molar-refractivity contribution in [1.82, 2.24) is 5.43 Å². The predicted octanol–water partition coefficient (Wildman–Crippen LogP) is 4.21. The van der Waals surface area contributed by atoms with Crippen LogP contribution in [0.3, 0.4) is 0 Å². The molecule has 30 heavy (non-hydrogen) atoms. The molecule has 0 atom stereocenters. The van der Waals surface area contributed by atoms with Crippen LogP contribution in [-0.2, 0) is 0 Å². The van der Waals surface area contributed by atoms with Crippen LogP contribution in [0.4, 0.5) is 4.39 Å². The van der Waals surface area contributed by atoms with E-state index in [1.807, 2.05) is 6.07 Å². The highest BCUT2D eigenvalue weighted by molar-refractivity contribution is 5.95. The van der Waals surface area contributed by atoms with Crippen LogP contribution in [0.1, 0.15) is 33.2 Å². The van der Waals surface area contributed by atoms with E-state index in [4.69, 9.17) is 9.47 Å². The summed E-state index contributed by atoms with van der Waals surface area (Å²) in [6.07, 6.45) is 1.45. The highest BCUT2D eigenvalue weighted by atomic mass is 19.1. The first-order chi connectivity index (χ1) is 14.6. The van der Waals surface area contributed by atoms with E-state index in [1.165, 1.54) is 30.5 Å². The Morgan fingerprint density at radius 1 is 0.967 bits per heavy atom. The molecule has 0 radical (unpaired) electrons. The number of nitrogens with one attached hydrogen (secondary N) is 1. The number of esters is 1. The second-order valence-electron chi connectivity index (χ2n) is 6.10. The molecular weight excluding hydrogens is 387 g/mol. The predicted molar refractivity (Wildman–Crippen MR) is 110 cm³/mol. The van der Waals surface area contributed by atoms with Gasteiger partial charge in [-0.2, -0.15) is 5.10 Å². The van der Waals surface area contributed by atoms with Gasteiger partial charge < -0.3 is 9.47 Å². The van der Waals surface area contributed by atoms with Crippen LogP contribution in [0.5, 0.6) is 11.5 Å². The van der Waals surface area contributed by atoms with E-state index < -0.39 is 11.8 Å². The number of hydrogen-bond acceptors (Lipinski definition) is 5. The summed E-state index contributed by atoms with van der Waals surface area (Å²) in [7, 11) is 0. The Kier molecular flexibility index (Phi) is 6.89. The lowest BCUT2D eigenvalue weighted by atomic mass is 10.2. The van der Waals surface area contributed by atoms with Gasteiger partial charge >= 0.3 is 5.97 Å². The Bertz CT molecular complexity index is 1050. The molecule has 1 amide bonds. The molecule has 0 aliphatic carbocycles. The molecule has 0 fully saturated rings. The van der Waals surface area contributed by atoms with Gasteiger partial charge in [-0.3, -0.25) is 4.79 Å². The Morgan fingerprint density at radius 2 is 1.70 bits per heavy atom. The highest BCUT2D eigenvalue weighted by Gasteiger charge is 2.13. The van der Waals surface area contributed by atoms with Crippen LogP contribution in [-0.4, -0.2) is 24.7 Å². The first kappa shape index (κ1) is 20.7. The van der Waals surface area contributed by atoms with Gasteiger partial charge in [0.05, 0.1) is 18.4 Å². The van der Waals surface area contributed by atoms with E-state index in [0.29, 0.717) is 23.5 Å². The molecule has 0 unspecified atom stereocenters. The van der Waals surface area contributed by atoms with Crippen molar-refractivity contribution < 1.29 is 23.5 Å². The van der Waals surface area contributed by atoms with Gasteiger partial charge in [0, 0.05) is 5.56 Å². The number of rotatable bonds is 7. The van der Waals surface area contributed by atoms with E-state index in [0.717, 1.165) is 0 Å². The third kappa shape index (κ3) is 5.51. The average molecular weight is 406 g/mol. The molecule has 0 aromatic heterocycles. The van der Waals surface area contributed by atoms with Crippen molar-refractivity contribution in [3.8, 4) is 11.5 Å². The van der Waals surface area contributed by atoms with Gasteiger partial charge in [-0.25, -0.2) is 14.6 Å². The maximum atomic E-state index is 13.0. The standard InChI is InChI=1S/C23H19FN2O4/c1-2-29-21-14-16(15-25-26-22(27)17-6-4-3-5-7-17)8-13-20(21)30-23(28)18-9-11-19(24)12-10-18/h3-15H,2H2,1H3,(H,26,27). The molecule has 0 spiro atoms. The maximum absolute atomic E-state index is 13.0. The number of nitrogens with zero attached hydrogens (tertiary/aromatic N) is 1. The zero-order chi connectivity index (χ0) is 21.3. The van der Waals surface area contributed by atoms with E-state index in [-0.39, 0.29) is 17.2 Å². The van der Waals surface area contributed by atoms with Crippen molar-refractivity contribution in [2.45, 2.75) is 6.92 Å². The summed E-state index contributed by atoms with van der Waals surface area (Å²) in [6.45, 7) is 2.15. The number of amides is 1. The fourth-order valence-electron chi connectivity index (χ4n) is 2.52. The quantitative estimate of drug-likeness (QED) is 0.276. The van der Waals surface area contributed by atoms with Gasteiger partial charge in [-0.05, 0) is 67.1 Å². The van der Waals surface area contributed by atoms with Crippen LogP contribution in [0, 0.1) is 5.82 Å². The van der Waals surface area contributed by atoms with Crippen molar-refractivity contribution >= 4 is 18.1 Å². The Balaban J connectivity index is 1.70. The van der Waals surface area contributed by atoms with Gasteiger partial charge in [0.25, 0.3) is 5.91 Å². The van der Waals surface area contributed by atoms with Gasteiger partial charge in [0.1, 0.15) is 5.82 Å². The second-order valence-corrected chi connectivity index (χ2v) is 6.10. The molecule has 152 valence electrons. The zero-order valence-electron chi connectivity index (χ0n) is 16.2. The minimum absolute atomic E-state index is 0.216. The third-order valence-electron chi connectivity index (χ3n) is 3.97. The van der Waals surface area contributed by atoms with E-state index in [2.05, 4.69) is 10.5 Å². The lowest BCUT2D eigenvalue weighted by Gasteiger charge is -2.11. The summed E-state index contributed by atoms with van der Waals surface area (Å²) in [6, 6.07) is 18.6. The Morgan fingerprint density at radius 3 is 2.40 bits per heavy atom. The average Bonchev–Trinajstić information content (AvgIpc) is 2.76. The molecule has 1 N–H and O–H groups in total. The largest absolute Gasteiger partial charge is 0.490 e. The molecule has 3 aromatic carbocycles. The number of hydrogen-bond donors (Lipinski definition) is 1. The summed E-state index contributed by atoms with van der Waals surface area (Å²) in [5, 5.41) is 3.94. The van der Waals surface area contributed by atoms with Gasteiger partial charge in [-0.1, -0.05) is 18.2 Å². The van der Waals surface area contributed by atoms with Crippen molar-refractivity contribution in [1.29, 1.82) is 0 Å². The molecule has 7 heteroatoms. The van der Waals surface area contributed by atoms with Crippen LogP contribution < -0.4 is 14.9 Å². The maximum Gasteiger partial charge on any atom is 0.343 e. The number of halogens is 1. The molecule has 3 rings (SSSR count). The monoisotopic (exact) mass is 406 g/mol. The summed E-state index contributed by atoms with van der Waals surface area (Å²) < 4.78 is 23.9. The summed E-state index contributed by atoms with van der Waals surface area (Å²) in [5.74, 6) is -0.846. The summed E-state index contributed by atoms with van der Waals surface area (Å²) in [5.41, 5.74) is 3.79. The molecule has 0 saturated carbocycles. The zero-order valence-corrected chi connectivity index (χ0v) is 16.2. The second kappa shape index (κ2) is 9.97. The first-order valence-electron chi connectivity index (χ1n) is 9.20. The number of ether oxygens (including phenoxy) is 2. The highest BCUT2D eigenvalue weighted by Crippen LogP contribution is 2.29. The van der Waals surface area contributed by atoms with Crippen molar-refractivity contribution in [2.75, 3.05) is 6.61 Å². The Labute approximate surface area is 173 Å². The smallest absolute Gasteiger partial charge is 0.343 e. The van der Waals surface area contributed by atoms with Gasteiger partial charge in [0.2, 0.25) is 0 Å². The minimum atomic E-state index is -0.632. The molecule has 6 nitrogen and oxygen atoms in total. The van der Waals surface area contributed by atoms with E-state index >= 15 is 0 Å². The molecule has 0 saturated heterocycles. The molecule has 0 aliphatic heterocycles. The summed E-state index contributed by atoms with van der Waals surface area (Å²) >= 11 is 0. The SMILES string of the molecule is CCOc1cc(C=NNC(=O)c2ccccc2)ccc1OC(=O)c1ccc(F)cc1. The lowest BCUT2D eigenvalue weighted by molar-refractivity contribution is 0.0728. The van der Waals surface area contributed by atoms with E-state index in [1.54, 1.807) is 49.4 Å². The third-order valence-corrected chi connectivity index (χ3v) is 3.97. The molecular formula is C23H19FN2O4. The number of carbonyl (C=O) groups is 2. The van der Waals surface area contributed by atoms with Crippen LogP contribution in [0.15, 0.2) is 77.9 Å². The number of benzene rings is 3. The molecule has 0 aliphatic rings. The molecule has 0 bridgehead atoms.